The number of anilines is 2. The molecule has 2 aromatic rings. The molecule has 1 aromatic heterocycles. The van der Waals surface area contributed by atoms with Crippen LogP contribution in [0.25, 0.3) is 0 Å². The Morgan fingerprint density at radius 3 is 2.90 bits per heavy atom. The molecule has 0 aliphatic heterocycles. The lowest BCUT2D eigenvalue weighted by Crippen LogP contribution is -2.19. The van der Waals surface area contributed by atoms with Crippen molar-refractivity contribution >= 4 is 29.3 Å². The monoisotopic (exact) mass is 297 g/mol. The molecule has 1 heterocycles. The third-order valence-corrected chi connectivity index (χ3v) is 3.18. The average molecular weight is 297 g/mol. The van der Waals surface area contributed by atoms with Gasteiger partial charge >= 0.3 is 0 Å². The van der Waals surface area contributed by atoms with Gasteiger partial charge in [-0.15, -0.1) is 10.2 Å². The third kappa shape index (κ3) is 3.36. The number of hydrogen-bond acceptors (Lipinski definition) is 7. The van der Waals surface area contributed by atoms with E-state index in [2.05, 4.69) is 20.9 Å². The van der Waals surface area contributed by atoms with Crippen molar-refractivity contribution < 1.29 is 9.18 Å². The molecule has 0 unspecified atom stereocenters. The number of benzene rings is 1. The van der Waals surface area contributed by atoms with Crippen molar-refractivity contribution in [3.05, 3.63) is 30.1 Å². The number of hydrazine groups is 1. The van der Waals surface area contributed by atoms with Gasteiger partial charge in [0.15, 0.2) is 0 Å². The van der Waals surface area contributed by atoms with E-state index in [1.165, 1.54) is 18.2 Å². The number of amides is 1. The molecule has 0 atom stereocenters. The fourth-order valence-corrected chi connectivity index (χ4v) is 2.02. The fourth-order valence-electron chi connectivity index (χ4n) is 1.37. The summed E-state index contributed by atoms with van der Waals surface area (Å²) in [6.45, 7) is 0. The van der Waals surface area contributed by atoms with Crippen molar-refractivity contribution in [3.63, 3.8) is 0 Å². The van der Waals surface area contributed by atoms with Crippen LogP contribution in [0.5, 0.6) is 0 Å². The molecule has 2 rings (SSSR count). The van der Waals surface area contributed by atoms with Crippen LogP contribution in [-0.4, -0.2) is 26.5 Å². The maximum atomic E-state index is 12.9. The molecule has 1 aromatic carbocycles. The van der Waals surface area contributed by atoms with Crippen molar-refractivity contribution in [2.24, 2.45) is 5.84 Å². The smallest absolute Gasteiger partial charge is 0.258 e. The summed E-state index contributed by atoms with van der Waals surface area (Å²) in [4.78, 5) is 11.7. The van der Waals surface area contributed by atoms with Gasteiger partial charge in [0.25, 0.3) is 5.95 Å². The number of thioether (sulfide) groups is 1. The van der Waals surface area contributed by atoms with Crippen molar-refractivity contribution in [1.29, 1.82) is 0 Å². The van der Waals surface area contributed by atoms with Crippen LogP contribution < -0.4 is 22.4 Å². The number of aromatic nitrogens is 3. The Morgan fingerprint density at radius 2 is 2.25 bits per heavy atom. The number of carbonyl (C=O) groups excluding carboxylic acids is 1. The van der Waals surface area contributed by atoms with Gasteiger partial charge in [0.05, 0.1) is 5.75 Å². The molecule has 0 fully saturated rings. The first-order valence-electron chi connectivity index (χ1n) is 5.45. The van der Waals surface area contributed by atoms with E-state index in [9.17, 15) is 9.18 Å². The highest BCUT2D eigenvalue weighted by atomic mass is 32.2. The minimum atomic E-state index is -0.421. The molecule has 20 heavy (non-hydrogen) atoms. The summed E-state index contributed by atoms with van der Waals surface area (Å²) in [6, 6.07) is 5.62. The third-order valence-electron chi connectivity index (χ3n) is 2.23. The second-order valence-corrected chi connectivity index (χ2v) is 4.61. The first-order chi connectivity index (χ1) is 9.60. The number of halogens is 1. The van der Waals surface area contributed by atoms with Crippen LogP contribution in [0.1, 0.15) is 0 Å². The molecule has 6 N–H and O–H groups in total. The largest absolute Gasteiger partial charge is 0.334 e. The lowest BCUT2D eigenvalue weighted by atomic mass is 10.3. The van der Waals surface area contributed by atoms with Crippen LogP contribution in [-0.2, 0) is 4.79 Å². The number of rotatable bonds is 5. The minimum absolute atomic E-state index is 0.0520. The Labute approximate surface area is 117 Å². The minimum Gasteiger partial charge on any atom is -0.334 e. The Kier molecular flexibility index (Phi) is 4.38. The van der Waals surface area contributed by atoms with Gasteiger partial charge in [0.1, 0.15) is 5.82 Å². The Morgan fingerprint density at radius 1 is 1.45 bits per heavy atom. The van der Waals surface area contributed by atoms with Crippen LogP contribution in [0.15, 0.2) is 29.4 Å². The highest BCUT2D eigenvalue weighted by Crippen LogP contribution is 2.17. The summed E-state index contributed by atoms with van der Waals surface area (Å²) < 4.78 is 14.1. The van der Waals surface area contributed by atoms with Gasteiger partial charge in [-0.1, -0.05) is 17.8 Å². The quantitative estimate of drug-likeness (QED) is 0.352. The maximum absolute atomic E-state index is 12.9. The molecule has 10 heteroatoms. The van der Waals surface area contributed by atoms with E-state index in [1.807, 2.05) is 0 Å². The zero-order chi connectivity index (χ0) is 14.5. The van der Waals surface area contributed by atoms with E-state index >= 15 is 0 Å². The molecule has 0 aliphatic rings. The molecule has 1 amide bonds. The van der Waals surface area contributed by atoms with Gasteiger partial charge in [-0.05, 0) is 18.2 Å². The summed E-state index contributed by atoms with van der Waals surface area (Å²) in [5.74, 6) is 10.3. The second kappa shape index (κ2) is 6.21. The first kappa shape index (κ1) is 14.1. The molecule has 0 saturated heterocycles. The van der Waals surface area contributed by atoms with Crippen molar-refractivity contribution in [2.75, 3.05) is 22.3 Å². The molecule has 0 radical (unpaired) electrons. The molecule has 0 bridgehead atoms. The molecule has 8 nitrogen and oxygen atoms in total. The van der Waals surface area contributed by atoms with Gasteiger partial charge < -0.3 is 11.2 Å². The predicted molar refractivity (Wildman–Crippen MR) is 73.7 cm³/mol. The zero-order valence-corrected chi connectivity index (χ0v) is 11.0. The van der Waals surface area contributed by atoms with Gasteiger partial charge in [-0.2, -0.15) is 0 Å². The summed E-state index contributed by atoms with van der Waals surface area (Å²) >= 11 is 1.08. The topological polar surface area (TPSA) is 124 Å². The maximum Gasteiger partial charge on any atom is 0.258 e. The second-order valence-electron chi connectivity index (χ2n) is 3.67. The first-order valence-corrected chi connectivity index (χ1v) is 6.44. The molecule has 106 valence electrons. The van der Waals surface area contributed by atoms with Crippen molar-refractivity contribution in [2.45, 2.75) is 5.16 Å². The number of nitrogens with one attached hydrogen (secondary N) is 2. The normalized spacial score (nSPS) is 10.3. The number of nitrogen functional groups attached to an aromatic ring is 2. The molecule has 0 aliphatic carbocycles. The average Bonchev–Trinajstić information content (AvgIpc) is 2.77. The molecular formula is C10H12FN7OS. The predicted octanol–water partition coefficient (Wildman–Crippen LogP) is 0.147. The molecule has 0 spiro atoms. The molecular weight excluding hydrogens is 285 g/mol. The van der Waals surface area contributed by atoms with E-state index in [4.69, 9.17) is 11.7 Å². The van der Waals surface area contributed by atoms with Crippen LogP contribution in [0.2, 0.25) is 0 Å². The number of nitrogens with two attached hydrogens (primary N) is 2. The Hall–Kier alpha value is -2.33. The summed E-state index contributed by atoms with van der Waals surface area (Å²) in [5.41, 5.74) is 2.64. The summed E-state index contributed by atoms with van der Waals surface area (Å²) in [7, 11) is 0. The number of hydrogen-bond donors (Lipinski definition) is 4. The van der Waals surface area contributed by atoms with Crippen LogP contribution >= 0.6 is 11.8 Å². The van der Waals surface area contributed by atoms with Crippen LogP contribution in [0, 0.1) is 5.82 Å². The highest BCUT2D eigenvalue weighted by molar-refractivity contribution is 7.99. The van der Waals surface area contributed by atoms with Gasteiger partial charge in [0.2, 0.25) is 11.1 Å². The molecule has 0 saturated carbocycles. The lowest BCUT2D eigenvalue weighted by molar-refractivity contribution is -0.113. The van der Waals surface area contributed by atoms with E-state index in [0.717, 1.165) is 16.4 Å². The SMILES string of the molecule is NNc1nnc(SCC(=O)Nc2cccc(F)c2)n1N. The highest BCUT2D eigenvalue weighted by Gasteiger charge is 2.11. The number of carbonyl (C=O) groups is 1. The number of nitrogens with zero attached hydrogens (tertiary/aromatic N) is 3. The van der Waals surface area contributed by atoms with E-state index in [-0.39, 0.29) is 17.6 Å². The van der Waals surface area contributed by atoms with Crippen LogP contribution in [0.3, 0.4) is 0 Å². The lowest BCUT2D eigenvalue weighted by Gasteiger charge is -2.05. The Balaban J connectivity index is 1.90. The van der Waals surface area contributed by atoms with Crippen molar-refractivity contribution in [1.82, 2.24) is 14.9 Å². The van der Waals surface area contributed by atoms with E-state index in [1.54, 1.807) is 6.07 Å². The van der Waals surface area contributed by atoms with Crippen molar-refractivity contribution in [3.8, 4) is 0 Å². The van der Waals surface area contributed by atoms with E-state index in [0.29, 0.717) is 10.8 Å². The Bertz CT molecular complexity index is 617. The van der Waals surface area contributed by atoms with E-state index < -0.39 is 5.82 Å². The fraction of sp³-hybridized carbons (Fsp3) is 0.100. The van der Waals surface area contributed by atoms with Gasteiger partial charge in [0, 0.05) is 5.69 Å². The van der Waals surface area contributed by atoms with Gasteiger partial charge in [-0.3, -0.25) is 10.2 Å². The summed E-state index contributed by atoms with van der Waals surface area (Å²) in [6.07, 6.45) is 0. The van der Waals surface area contributed by atoms with Gasteiger partial charge in [-0.25, -0.2) is 14.9 Å². The zero-order valence-electron chi connectivity index (χ0n) is 10.2. The standard InChI is InChI=1S/C10H12FN7OS/c11-6-2-1-3-7(4-6)14-8(19)5-20-10-17-16-9(15-12)18(10)13/h1-4H,5,12-13H2,(H,14,19)(H,15,16). The summed E-state index contributed by atoms with van der Waals surface area (Å²) in [5, 5.41) is 10.3. The van der Waals surface area contributed by atoms with Crippen LogP contribution in [0.4, 0.5) is 16.0 Å².